The Balaban J connectivity index is 1.88. The molecule has 0 aliphatic rings. The molecule has 0 N–H and O–H groups in total. The van der Waals surface area contributed by atoms with Crippen molar-refractivity contribution in [1.29, 1.82) is 0 Å². The van der Waals surface area contributed by atoms with Gasteiger partial charge in [-0.05, 0) is 35.4 Å². The summed E-state index contributed by atoms with van der Waals surface area (Å²) in [4.78, 5) is 5.79. The Hall–Kier alpha value is -2.65. The minimum absolute atomic E-state index is 1.06. The molecule has 0 radical (unpaired) electrons. The SMILES string of the molecule is c1ccc(-c2ccc3sc4nc5ccccc5n4c3c2)cc1. The second-order valence-corrected chi connectivity index (χ2v) is 6.38. The van der Waals surface area contributed by atoms with Gasteiger partial charge >= 0.3 is 0 Å². The quantitative estimate of drug-likeness (QED) is 0.407. The van der Waals surface area contributed by atoms with Crippen molar-refractivity contribution in [2.24, 2.45) is 0 Å². The monoisotopic (exact) mass is 300 g/mol. The van der Waals surface area contributed by atoms with Gasteiger partial charge in [-0.1, -0.05) is 59.9 Å². The van der Waals surface area contributed by atoms with Crippen LogP contribution in [0.1, 0.15) is 0 Å². The highest BCUT2D eigenvalue weighted by molar-refractivity contribution is 7.23. The fourth-order valence-electron chi connectivity index (χ4n) is 2.99. The van der Waals surface area contributed by atoms with Crippen LogP contribution in [0.2, 0.25) is 0 Å². The first kappa shape index (κ1) is 12.0. The summed E-state index contributed by atoms with van der Waals surface area (Å²) in [6.07, 6.45) is 0. The Morgan fingerprint density at radius 2 is 1.55 bits per heavy atom. The van der Waals surface area contributed by atoms with E-state index in [9.17, 15) is 0 Å². The normalized spacial score (nSPS) is 11.6. The molecule has 0 aliphatic heterocycles. The summed E-state index contributed by atoms with van der Waals surface area (Å²) in [6.45, 7) is 0. The first-order chi connectivity index (χ1) is 10.9. The maximum absolute atomic E-state index is 4.74. The van der Waals surface area contributed by atoms with Crippen LogP contribution < -0.4 is 0 Å². The van der Waals surface area contributed by atoms with E-state index in [1.165, 1.54) is 26.9 Å². The molecule has 2 nitrogen and oxygen atoms in total. The number of para-hydroxylation sites is 2. The molecule has 104 valence electrons. The predicted molar refractivity (Wildman–Crippen MR) is 93.5 cm³/mol. The Labute approximate surface area is 131 Å². The van der Waals surface area contributed by atoms with Gasteiger partial charge in [0, 0.05) is 0 Å². The van der Waals surface area contributed by atoms with Crippen LogP contribution in [0.25, 0.3) is 37.3 Å². The van der Waals surface area contributed by atoms with Crippen LogP contribution in [0, 0.1) is 0 Å². The molecule has 5 rings (SSSR count). The predicted octanol–water partition coefficient (Wildman–Crippen LogP) is 5.37. The van der Waals surface area contributed by atoms with E-state index in [2.05, 4.69) is 65.1 Å². The Bertz CT molecular complexity index is 1120. The summed E-state index contributed by atoms with van der Waals surface area (Å²) in [5, 5.41) is 0. The second kappa shape index (κ2) is 4.42. The maximum Gasteiger partial charge on any atom is 0.195 e. The lowest BCUT2D eigenvalue weighted by atomic mass is 10.1. The smallest absolute Gasteiger partial charge is 0.195 e. The molecule has 0 spiro atoms. The van der Waals surface area contributed by atoms with Crippen LogP contribution in [0.4, 0.5) is 0 Å². The lowest BCUT2D eigenvalue weighted by molar-refractivity contribution is 1.35. The van der Waals surface area contributed by atoms with Gasteiger partial charge < -0.3 is 0 Å². The van der Waals surface area contributed by atoms with Crippen molar-refractivity contribution in [2.75, 3.05) is 0 Å². The molecular formula is C19H12N2S. The van der Waals surface area contributed by atoms with Gasteiger partial charge in [0.15, 0.2) is 4.96 Å². The largest absolute Gasteiger partial charge is 0.283 e. The van der Waals surface area contributed by atoms with Crippen molar-refractivity contribution in [1.82, 2.24) is 9.38 Å². The molecule has 2 aromatic heterocycles. The number of imidazole rings is 1. The van der Waals surface area contributed by atoms with Crippen molar-refractivity contribution in [3.63, 3.8) is 0 Å². The van der Waals surface area contributed by atoms with E-state index in [1.807, 2.05) is 12.1 Å². The Kier molecular flexibility index (Phi) is 2.40. The third-order valence-corrected chi connectivity index (χ3v) is 5.06. The van der Waals surface area contributed by atoms with Gasteiger partial charge in [-0.2, -0.15) is 0 Å². The molecule has 0 amide bonds. The molecular weight excluding hydrogens is 288 g/mol. The molecule has 22 heavy (non-hydrogen) atoms. The molecule has 0 fully saturated rings. The number of hydrogen-bond donors (Lipinski definition) is 0. The average Bonchev–Trinajstić information content (AvgIpc) is 3.10. The first-order valence-electron chi connectivity index (χ1n) is 7.25. The van der Waals surface area contributed by atoms with Crippen molar-refractivity contribution < 1.29 is 0 Å². The molecule has 3 heteroatoms. The highest BCUT2D eigenvalue weighted by Crippen LogP contribution is 2.33. The standard InChI is InChI=1S/C19H12N2S/c1-2-6-13(7-3-1)14-10-11-18-17(12-14)21-16-9-5-4-8-15(16)20-19(21)22-18/h1-12H. The fourth-order valence-corrected chi connectivity index (χ4v) is 4.01. The Morgan fingerprint density at radius 3 is 2.45 bits per heavy atom. The van der Waals surface area contributed by atoms with E-state index in [1.54, 1.807) is 11.3 Å². The zero-order valence-electron chi connectivity index (χ0n) is 11.7. The number of fused-ring (bicyclic) bond motifs is 5. The molecule has 0 atom stereocenters. The third-order valence-electron chi connectivity index (χ3n) is 4.04. The zero-order chi connectivity index (χ0) is 14.5. The molecule has 0 unspecified atom stereocenters. The minimum atomic E-state index is 1.06. The van der Waals surface area contributed by atoms with Crippen LogP contribution in [0.15, 0.2) is 72.8 Å². The highest BCUT2D eigenvalue weighted by Gasteiger charge is 2.11. The zero-order valence-corrected chi connectivity index (χ0v) is 12.5. The molecule has 0 saturated carbocycles. The summed E-state index contributed by atoms with van der Waals surface area (Å²) in [5.74, 6) is 0. The lowest BCUT2D eigenvalue weighted by Crippen LogP contribution is -1.82. The highest BCUT2D eigenvalue weighted by atomic mass is 32.1. The van der Waals surface area contributed by atoms with Gasteiger partial charge in [0.05, 0.1) is 21.3 Å². The van der Waals surface area contributed by atoms with Crippen molar-refractivity contribution in [3.05, 3.63) is 72.8 Å². The Morgan fingerprint density at radius 1 is 0.727 bits per heavy atom. The number of benzene rings is 3. The maximum atomic E-state index is 4.74. The van der Waals surface area contributed by atoms with Gasteiger partial charge in [-0.25, -0.2) is 4.98 Å². The van der Waals surface area contributed by atoms with Gasteiger partial charge in [-0.3, -0.25) is 4.40 Å². The number of thiazole rings is 1. The van der Waals surface area contributed by atoms with Crippen molar-refractivity contribution in [2.45, 2.75) is 0 Å². The lowest BCUT2D eigenvalue weighted by Gasteiger charge is -2.02. The molecule has 5 aromatic rings. The average molecular weight is 300 g/mol. The number of hydrogen-bond acceptors (Lipinski definition) is 2. The summed E-state index contributed by atoms with van der Waals surface area (Å²) in [5.41, 5.74) is 5.95. The second-order valence-electron chi connectivity index (χ2n) is 5.37. The van der Waals surface area contributed by atoms with E-state index >= 15 is 0 Å². The van der Waals surface area contributed by atoms with E-state index in [4.69, 9.17) is 4.98 Å². The summed E-state index contributed by atoms with van der Waals surface area (Å²) in [7, 11) is 0. The number of aromatic nitrogens is 2. The van der Waals surface area contributed by atoms with E-state index in [0.717, 1.165) is 10.5 Å². The van der Waals surface area contributed by atoms with Crippen LogP contribution in [-0.2, 0) is 0 Å². The summed E-state index contributed by atoms with van der Waals surface area (Å²) >= 11 is 1.74. The van der Waals surface area contributed by atoms with E-state index < -0.39 is 0 Å². The number of rotatable bonds is 1. The van der Waals surface area contributed by atoms with E-state index in [-0.39, 0.29) is 0 Å². The molecule has 0 saturated heterocycles. The molecule has 0 aliphatic carbocycles. The van der Waals surface area contributed by atoms with Gasteiger partial charge in [0.25, 0.3) is 0 Å². The van der Waals surface area contributed by atoms with Crippen molar-refractivity contribution in [3.8, 4) is 11.1 Å². The summed E-state index contributed by atoms with van der Waals surface area (Å²) < 4.78 is 3.54. The summed E-state index contributed by atoms with van der Waals surface area (Å²) in [6, 6.07) is 25.5. The van der Waals surface area contributed by atoms with Gasteiger partial charge in [0.2, 0.25) is 0 Å². The third kappa shape index (κ3) is 1.63. The van der Waals surface area contributed by atoms with Crippen molar-refractivity contribution >= 4 is 37.5 Å². The molecule has 3 aromatic carbocycles. The van der Waals surface area contributed by atoms with Gasteiger partial charge in [-0.15, -0.1) is 0 Å². The van der Waals surface area contributed by atoms with Crippen LogP contribution in [-0.4, -0.2) is 9.38 Å². The molecule has 0 bridgehead atoms. The van der Waals surface area contributed by atoms with Crippen LogP contribution in [0.5, 0.6) is 0 Å². The molecule has 2 heterocycles. The first-order valence-corrected chi connectivity index (χ1v) is 8.07. The fraction of sp³-hybridized carbons (Fsp3) is 0. The van der Waals surface area contributed by atoms with Crippen LogP contribution >= 0.6 is 11.3 Å². The van der Waals surface area contributed by atoms with Gasteiger partial charge in [0.1, 0.15) is 0 Å². The minimum Gasteiger partial charge on any atom is -0.283 e. The van der Waals surface area contributed by atoms with E-state index in [0.29, 0.717) is 0 Å². The van der Waals surface area contributed by atoms with Crippen LogP contribution in [0.3, 0.4) is 0 Å². The topological polar surface area (TPSA) is 17.3 Å². The number of nitrogens with zero attached hydrogens (tertiary/aromatic N) is 2.